The van der Waals surface area contributed by atoms with E-state index < -0.39 is 17.6 Å². The Labute approximate surface area is 212 Å². The largest absolute Gasteiger partial charge is 0.457 e. The van der Waals surface area contributed by atoms with Crippen molar-refractivity contribution in [2.45, 2.75) is 6.18 Å². The molecule has 3 aromatic carbocycles. The average Bonchev–Trinajstić information content (AvgIpc) is 3.54. The Morgan fingerprint density at radius 3 is 2.50 bits per heavy atom. The number of H-pyrrole nitrogens is 2. The highest BCUT2D eigenvalue weighted by Gasteiger charge is 2.31. The molecule has 6 aromatic rings. The van der Waals surface area contributed by atoms with Crippen LogP contribution in [0.25, 0.3) is 33.5 Å². The maximum atomic E-state index is 13.1. The van der Waals surface area contributed by atoms with Crippen LogP contribution < -0.4 is 10.1 Å². The van der Waals surface area contributed by atoms with Crippen LogP contribution in [0.3, 0.4) is 0 Å². The summed E-state index contributed by atoms with van der Waals surface area (Å²) in [6.07, 6.45) is -2.92. The van der Waals surface area contributed by atoms with Crippen LogP contribution in [0.15, 0.2) is 85.1 Å². The molecule has 0 aliphatic rings. The molecular weight excluding hydrogens is 497 g/mol. The predicted molar refractivity (Wildman–Crippen MR) is 135 cm³/mol. The van der Waals surface area contributed by atoms with Gasteiger partial charge in [0.15, 0.2) is 11.5 Å². The SMILES string of the molecule is O=C(Nc1ccc(Oc2ccnc(-c3nc4ccccc4[nH]3)c2)cc1)c1n[nH]c2ccc(C(F)(F)F)cc12. The van der Waals surface area contributed by atoms with E-state index in [2.05, 4.69) is 30.5 Å². The van der Waals surface area contributed by atoms with Gasteiger partial charge in [-0.1, -0.05) is 12.1 Å². The molecule has 0 fully saturated rings. The number of rotatable bonds is 5. The molecule has 3 heterocycles. The van der Waals surface area contributed by atoms with Gasteiger partial charge in [0.1, 0.15) is 17.2 Å². The molecule has 0 unspecified atom stereocenters. The van der Waals surface area contributed by atoms with E-state index in [0.717, 1.165) is 23.2 Å². The predicted octanol–water partition coefficient (Wildman–Crippen LogP) is 6.56. The summed E-state index contributed by atoms with van der Waals surface area (Å²) >= 11 is 0. The maximum absolute atomic E-state index is 13.1. The Morgan fingerprint density at radius 2 is 1.71 bits per heavy atom. The molecular formula is C27H17F3N6O2. The van der Waals surface area contributed by atoms with Gasteiger partial charge in [-0.15, -0.1) is 0 Å². The van der Waals surface area contributed by atoms with Crippen LogP contribution in [-0.2, 0) is 6.18 Å². The van der Waals surface area contributed by atoms with Crippen molar-refractivity contribution in [2.24, 2.45) is 0 Å². The number of alkyl halides is 3. The Bertz CT molecular complexity index is 1760. The molecule has 11 heteroatoms. The lowest BCUT2D eigenvalue weighted by Crippen LogP contribution is -2.13. The fourth-order valence-electron chi connectivity index (χ4n) is 3.97. The number of amides is 1. The third-order valence-corrected chi connectivity index (χ3v) is 5.82. The molecule has 0 bridgehead atoms. The van der Waals surface area contributed by atoms with Gasteiger partial charge in [-0.3, -0.25) is 14.9 Å². The van der Waals surface area contributed by atoms with E-state index >= 15 is 0 Å². The van der Waals surface area contributed by atoms with Gasteiger partial charge in [-0.2, -0.15) is 18.3 Å². The number of aromatic nitrogens is 5. The van der Waals surface area contributed by atoms with E-state index in [1.807, 2.05) is 24.3 Å². The number of anilines is 1. The highest BCUT2D eigenvalue weighted by atomic mass is 19.4. The van der Waals surface area contributed by atoms with E-state index in [-0.39, 0.29) is 11.1 Å². The molecule has 6 rings (SSSR count). The van der Waals surface area contributed by atoms with E-state index in [9.17, 15) is 18.0 Å². The van der Waals surface area contributed by atoms with Crippen molar-refractivity contribution in [2.75, 3.05) is 5.32 Å². The molecule has 0 saturated carbocycles. The second-order valence-corrected chi connectivity index (χ2v) is 8.39. The molecule has 188 valence electrons. The van der Waals surface area contributed by atoms with Gasteiger partial charge in [0.05, 0.1) is 22.1 Å². The Morgan fingerprint density at radius 1 is 0.895 bits per heavy atom. The monoisotopic (exact) mass is 514 g/mol. The van der Waals surface area contributed by atoms with E-state index in [0.29, 0.717) is 34.2 Å². The molecule has 1 amide bonds. The molecule has 0 aliphatic heterocycles. The first-order valence-electron chi connectivity index (χ1n) is 11.4. The standard InChI is InChI=1S/C27H17F3N6O2/c28-27(29,30)15-5-10-20-19(13-15)24(36-35-20)26(37)32-16-6-8-17(9-7-16)38-18-11-12-31-23(14-18)25-33-21-3-1-2-4-22(21)34-25/h1-14H,(H,32,37)(H,33,34)(H,35,36). The number of hydrogen-bond acceptors (Lipinski definition) is 5. The fraction of sp³-hybridized carbons (Fsp3) is 0.0370. The molecule has 0 radical (unpaired) electrons. The first-order chi connectivity index (χ1) is 18.3. The summed E-state index contributed by atoms with van der Waals surface area (Å²) in [5.74, 6) is 1.01. The lowest BCUT2D eigenvalue weighted by molar-refractivity contribution is -0.137. The van der Waals surface area contributed by atoms with Crippen LogP contribution in [-0.4, -0.2) is 31.1 Å². The zero-order chi connectivity index (χ0) is 26.3. The van der Waals surface area contributed by atoms with Gasteiger partial charge in [0, 0.05) is 23.3 Å². The normalized spacial score (nSPS) is 11.7. The van der Waals surface area contributed by atoms with E-state index in [4.69, 9.17) is 4.74 Å². The summed E-state index contributed by atoms with van der Waals surface area (Å²) in [5.41, 5.74) is 2.09. The number of nitrogens with one attached hydrogen (secondary N) is 3. The van der Waals surface area contributed by atoms with Crippen LogP contribution in [0.1, 0.15) is 16.1 Å². The topological polar surface area (TPSA) is 109 Å². The molecule has 0 atom stereocenters. The minimum atomic E-state index is -4.53. The number of benzene rings is 3. The number of imidazole rings is 1. The van der Waals surface area contributed by atoms with E-state index in [1.54, 1.807) is 42.6 Å². The lowest BCUT2D eigenvalue weighted by Gasteiger charge is -2.09. The summed E-state index contributed by atoms with van der Waals surface area (Å²) < 4.78 is 45.2. The second-order valence-electron chi connectivity index (χ2n) is 8.39. The van der Waals surface area contributed by atoms with Crippen LogP contribution in [0.4, 0.5) is 18.9 Å². The molecule has 0 spiro atoms. The molecule has 38 heavy (non-hydrogen) atoms. The van der Waals surface area contributed by atoms with Crippen molar-refractivity contribution in [1.82, 2.24) is 25.1 Å². The minimum Gasteiger partial charge on any atom is -0.457 e. The number of ether oxygens (including phenoxy) is 1. The van der Waals surface area contributed by atoms with Crippen molar-refractivity contribution in [3.05, 3.63) is 96.3 Å². The van der Waals surface area contributed by atoms with Gasteiger partial charge in [-0.05, 0) is 60.7 Å². The lowest BCUT2D eigenvalue weighted by atomic mass is 10.1. The number of pyridine rings is 1. The molecule has 8 nitrogen and oxygen atoms in total. The number of hydrogen-bond donors (Lipinski definition) is 3. The quantitative estimate of drug-likeness (QED) is 0.241. The Kier molecular flexibility index (Phi) is 5.52. The second kappa shape index (κ2) is 9.04. The minimum absolute atomic E-state index is 0.0789. The molecule has 0 aliphatic carbocycles. The van der Waals surface area contributed by atoms with Crippen molar-refractivity contribution in [1.29, 1.82) is 0 Å². The van der Waals surface area contributed by atoms with Crippen LogP contribution in [0.5, 0.6) is 11.5 Å². The summed E-state index contributed by atoms with van der Waals surface area (Å²) in [4.78, 5) is 24.9. The van der Waals surface area contributed by atoms with Gasteiger partial charge in [0.2, 0.25) is 0 Å². The summed E-state index contributed by atoms with van der Waals surface area (Å²) in [5, 5.41) is 9.20. The summed E-state index contributed by atoms with van der Waals surface area (Å²) in [6, 6.07) is 20.7. The molecule has 3 aromatic heterocycles. The average molecular weight is 514 g/mol. The summed E-state index contributed by atoms with van der Waals surface area (Å²) in [7, 11) is 0. The van der Waals surface area contributed by atoms with Crippen molar-refractivity contribution >= 4 is 33.5 Å². The number of nitrogens with zero attached hydrogens (tertiary/aromatic N) is 3. The van der Waals surface area contributed by atoms with Crippen LogP contribution in [0.2, 0.25) is 0 Å². The fourth-order valence-corrected chi connectivity index (χ4v) is 3.97. The van der Waals surface area contributed by atoms with Gasteiger partial charge in [0.25, 0.3) is 5.91 Å². The van der Waals surface area contributed by atoms with Crippen molar-refractivity contribution < 1.29 is 22.7 Å². The molecule has 0 saturated heterocycles. The number of halogens is 3. The van der Waals surface area contributed by atoms with Crippen LogP contribution >= 0.6 is 0 Å². The number of para-hydroxylation sites is 2. The number of aromatic amines is 2. The zero-order valence-electron chi connectivity index (χ0n) is 19.4. The number of carbonyl (C=O) groups excluding carboxylic acids is 1. The van der Waals surface area contributed by atoms with Crippen molar-refractivity contribution in [3.8, 4) is 23.0 Å². The first-order valence-corrected chi connectivity index (χ1v) is 11.4. The number of carbonyl (C=O) groups is 1. The van der Waals surface area contributed by atoms with E-state index in [1.165, 1.54) is 6.07 Å². The first kappa shape index (κ1) is 23.2. The summed E-state index contributed by atoms with van der Waals surface area (Å²) in [6.45, 7) is 0. The smallest absolute Gasteiger partial charge is 0.416 e. The van der Waals surface area contributed by atoms with Gasteiger partial charge < -0.3 is 15.0 Å². The Balaban J connectivity index is 1.17. The van der Waals surface area contributed by atoms with Gasteiger partial charge in [-0.25, -0.2) is 4.98 Å². The van der Waals surface area contributed by atoms with Crippen LogP contribution in [0, 0.1) is 0 Å². The highest BCUT2D eigenvalue weighted by molar-refractivity contribution is 6.11. The third kappa shape index (κ3) is 4.52. The van der Waals surface area contributed by atoms with Crippen molar-refractivity contribution in [3.63, 3.8) is 0 Å². The Hall–Kier alpha value is -5.19. The maximum Gasteiger partial charge on any atom is 0.416 e. The number of fused-ring (bicyclic) bond motifs is 2. The highest BCUT2D eigenvalue weighted by Crippen LogP contribution is 2.32. The zero-order valence-corrected chi connectivity index (χ0v) is 19.4. The molecule has 3 N–H and O–H groups in total. The third-order valence-electron chi connectivity index (χ3n) is 5.82. The van der Waals surface area contributed by atoms with Gasteiger partial charge >= 0.3 is 6.18 Å².